The van der Waals surface area contributed by atoms with Gasteiger partial charge in [0.15, 0.2) is 5.16 Å². The van der Waals surface area contributed by atoms with E-state index >= 15 is 0 Å². The van der Waals surface area contributed by atoms with E-state index in [0.717, 1.165) is 27.5 Å². The van der Waals surface area contributed by atoms with Gasteiger partial charge >= 0.3 is 0 Å². The van der Waals surface area contributed by atoms with E-state index in [1.54, 1.807) is 11.8 Å². The molecule has 0 bridgehead atoms. The van der Waals surface area contributed by atoms with Crippen LogP contribution < -0.4 is 5.73 Å². The fraction of sp³-hybridized carbons (Fsp3) is 0.273. The lowest BCUT2D eigenvalue weighted by molar-refractivity contribution is 0.602. The van der Waals surface area contributed by atoms with Gasteiger partial charge < -0.3 is 5.73 Å². The summed E-state index contributed by atoms with van der Waals surface area (Å²) in [7, 11) is 0. The maximum Gasteiger partial charge on any atom is 0.191 e. The molecule has 1 atom stereocenters. The Labute approximate surface area is 167 Å². The van der Waals surface area contributed by atoms with Crippen LogP contribution in [-0.4, -0.2) is 9.97 Å². The van der Waals surface area contributed by atoms with Crippen molar-refractivity contribution in [2.24, 2.45) is 0 Å². The molecule has 4 aromatic rings. The average Bonchev–Trinajstić information content (AvgIpc) is 3.06. The van der Waals surface area contributed by atoms with Crippen LogP contribution in [0.4, 0.5) is 5.82 Å². The summed E-state index contributed by atoms with van der Waals surface area (Å²) in [6, 6.07) is 15.0. The Morgan fingerprint density at radius 2 is 2.00 bits per heavy atom. The summed E-state index contributed by atoms with van der Waals surface area (Å²) >= 11 is 3.48. The largest absolute Gasteiger partial charge is 0.383 e. The van der Waals surface area contributed by atoms with Gasteiger partial charge in [-0.15, -0.1) is 11.3 Å². The molecule has 2 heterocycles. The van der Waals surface area contributed by atoms with Gasteiger partial charge in [-0.1, -0.05) is 61.2 Å². The number of nitrogens with zero attached hydrogens (tertiary/aromatic N) is 2. The first-order chi connectivity index (χ1) is 13.2. The number of fused-ring (bicyclic) bond motifs is 4. The van der Waals surface area contributed by atoms with Crippen LogP contribution in [-0.2, 0) is 12.2 Å². The van der Waals surface area contributed by atoms with E-state index in [9.17, 15) is 0 Å². The van der Waals surface area contributed by atoms with Crippen LogP contribution >= 0.6 is 23.1 Å². The summed E-state index contributed by atoms with van der Waals surface area (Å²) in [4.78, 5) is 12.0. The lowest BCUT2D eigenvalue weighted by Crippen LogP contribution is -2.05. The van der Waals surface area contributed by atoms with Crippen molar-refractivity contribution < 1.29 is 0 Å². The van der Waals surface area contributed by atoms with Crippen LogP contribution in [0.1, 0.15) is 41.7 Å². The van der Waals surface area contributed by atoms with Gasteiger partial charge in [0.25, 0.3) is 0 Å². The molecule has 2 aromatic heterocycles. The molecule has 0 spiro atoms. The molecule has 3 nitrogen and oxygen atoms in total. The molecule has 0 amide bonds. The Hall–Kier alpha value is -2.11. The van der Waals surface area contributed by atoms with Crippen LogP contribution in [0.3, 0.4) is 0 Å². The predicted octanol–water partition coefficient (Wildman–Crippen LogP) is 6.16. The summed E-state index contributed by atoms with van der Waals surface area (Å²) < 4.78 is 0. The number of thiophene rings is 1. The van der Waals surface area contributed by atoms with Crippen LogP contribution in [0.15, 0.2) is 47.6 Å². The summed E-state index contributed by atoms with van der Waals surface area (Å²) in [5.41, 5.74) is 9.10. The lowest BCUT2D eigenvalue weighted by Gasteiger charge is -2.18. The van der Waals surface area contributed by atoms with Crippen LogP contribution in [0.2, 0.25) is 0 Å². The van der Waals surface area contributed by atoms with Gasteiger partial charge in [0.05, 0.1) is 5.39 Å². The standard InChI is InChI=1S/C22H21N3S2/c1-13-6-4-11-17-18(13)19-20(23)24-22(25-21(19)27-17)26-12-15-9-5-8-14-7-2-3-10-16(14)15/h2-3,5,7-10,13H,4,6,11-12H2,1H3,(H2,23,24,25). The third kappa shape index (κ3) is 2.99. The number of rotatable bonds is 3. The predicted molar refractivity (Wildman–Crippen MR) is 117 cm³/mol. The molecule has 0 saturated heterocycles. The number of benzene rings is 2. The highest BCUT2D eigenvalue weighted by molar-refractivity contribution is 7.98. The summed E-state index contributed by atoms with van der Waals surface area (Å²) in [5, 5.41) is 4.45. The SMILES string of the molecule is CC1CCCc2sc3nc(SCc4cccc5ccccc45)nc(N)c3c21. The quantitative estimate of drug-likeness (QED) is 0.336. The molecule has 1 unspecified atom stereocenters. The zero-order valence-corrected chi connectivity index (χ0v) is 16.9. The second kappa shape index (κ2) is 6.80. The van der Waals surface area contributed by atoms with Gasteiger partial charge in [0.1, 0.15) is 10.6 Å². The molecule has 2 N–H and O–H groups in total. The van der Waals surface area contributed by atoms with E-state index in [2.05, 4.69) is 54.4 Å². The smallest absolute Gasteiger partial charge is 0.191 e. The highest BCUT2D eigenvalue weighted by atomic mass is 32.2. The molecule has 0 aliphatic heterocycles. The first kappa shape index (κ1) is 17.0. The lowest BCUT2D eigenvalue weighted by atomic mass is 9.87. The van der Waals surface area contributed by atoms with Crippen molar-refractivity contribution >= 4 is 49.9 Å². The number of nitrogens with two attached hydrogens (primary N) is 1. The van der Waals surface area contributed by atoms with Gasteiger partial charge in [0.2, 0.25) is 0 Å². The van der Waals surface area contributed by atoms with Gasteiger partial charge in [-0.2, -0.15) is 0 Å². The Bertz CT molecular complexity index is 1140. The van der Waals surface area contributed by atoms with Crippen LogP contribution in [0.5, 0.6) is 0 Å². The number of hydrogen-bond donors (Lipinski definition) is 1. The van der Waals surface area contributed by atoms with Gasteiger partial charge in [-0.3, -0.25) is 0 Å². The fourth-order valence-electron chi connectivity index (χ4n) is 4.12. The second-order valence-electron chi connectivity index (χ2n) is 7.23. The number of thioether (sulfide) groups is 1. The molecule has 27 heavy (non-hydrogen) atoms. The van der Waals surface area contributed by atoms with Gasteiger partial charge in [0, 0.05) is 10.6 Å². The monoisotopic (exact) mass is 391 g/mol. The topological polar surface area (TPSA) is 51.8 Å². The zero-order valence-electron chi connectivity index (χ0n) is 15.2. The Morgan fingerprint density at radius 3 is 2.93 bits per heavy atom. The average molecular weight is 392 g/mol. The van der Waals surface area contributed by atoms with E-state index in [4.69, 9.17) is 10.7 Å². The molecular formula is C22H21N3S2. The fourth-order valence-corrected chi connectivity index (χ4v) is 6.37. The Kier molecular flexibility index (Phi) is 4.29. The maximum absolute atomic E-state index is 6.39. The van der Waals surface area contributed by atoms with E-state index in [1.165, 1.54) is 39.6 Å². The first-order valence-corrected chi connectivity index (χ1v) is 11.2. The van der Waals surface area contributed by atoms with Crippen molar-refractivity contribution in [2.75, 3.05) is 5.73 Å². The normalized spacial score (nSPS) is 16.7. The van der Waals surface area contributed by atoms with Gasteiger partial charge in [-0.05, 0) is 47.1 Å². The molecule has 1 aliphatic carbocycles. The van der Waals surface area contributed by atoms with E-state index < -0.39 is 0 Å². The van der Waals surface area contributed by atoms with Crippen LogP contribution in [0, 0.1) is 0 Å². The first-order valence-electron chi connectivity index (χ1n) is 9.39. The van der Waals surface area contributed by atoms with Crippen molar-refractivity contribution in [1.82, 2.24) is 9.97 Å². The van der Waals surface area contributed by atoms with Crippen molar-refractivity contribution in [3.63, 3.8) is 0 Å². The maximum atomic E-state index is 6.39. The highest BCUT2D eigenvalue weighted by Gasteiger charge is 2.24. The minimum Gasteiger partial charge on any atom is -0.383 e. The summed E-state index contributed by atoms with van der Waals surface area (Å²) in [6.45, 7) is 2.30. The molecule has 1 aliphatic rings. The minimum atomic E-state index is 0.558. The molecule has 136 valence electrons. The zero-order chi connectivity index (χ0) is 18.4. The molecular weight excluding hydrogens is 370 g/mol. The van der Waals surface area contributed by atoms with Crippen LogP contribution in [0.25, 0.3) is 21.0 Å². The summed E-state index contributed by atoms with van der Waals surface area (Å²) in [5.74, 6) is 2.04. The Morgan fingerprint density at radius 1 is 1.15 bits per heavy atom. The molecule has 0 radical (unpaired) electrons. The molecule has 5 heteroatoms. The van der Waals surface area contributed by atoms with E-state index in [0.29, 0.717) is 11.7 Å². The minimum absolute atomic E-state index is 0.558. The number of anilines is 1. The second-order valence-corrected chi connectivity index (χ2v) is 9.26. The van der Waals surface area contributed by atoms with Crippen molar-refractivity contribution in [1.29, 1.82) is 0 Å². The highest BCUT2D eigenvalue weighted by Crippen LogP contribution is 2.43. The van der Waals surface area contributed by atoms with E-state index in [1.807, 2.05) is 11.3 Å². The number of aryl methyl sites for hydroxylation is 1. The number of aromatic nitrogens is 2. The molecule has 2 aromatic carbocycles. The molecule has 0 saturated carbocycles. The Balaban J connectivity index is 1.49. The molecule has 0 fully saturated rings. The van der Waals surface area contributed by atoms with Gasteiger partial charge in [-0.25, -0.2) is 9.97 Å². The molecule has 5 rings (SSSR count). The number of nitrogen functional groups attached to an aromatic ring is 1. The van der Waals surface area contributed by atoms with Crippen molar-refractivity contribution in [2.45, 2.75) is 43.0 Å². The van der Waals surface area contributed by atoms with Crippen molar-refractivity contribution in [3.8, 4) is 0 Å². The third-order valence-corrected chi connectivity index (χ3v) is 7.50. The van der Waals surface area contributed by atoms with Crippen molar-refractivity contribution in [3.05, 3.63) is 58.5 Å². The number of hydrogen-bond acceptors (Lipinski definition) is 5. The third-order valence-electron chi connectivity index (χ3n) is 5.44. The van der Waals surface area contributed by atoms with E-state index in [-0.39, 0.29) is 0 Å². The summed E-state index contributed by atoms with van der Waals surface area (Å²) in [6.07, 6.45) is 3.64.